The number of amides is 2. The Morgan fingerprint density at radius 2 is 2.07 bits per heavy atom. The zero-order valence-electron chi connectivity index (χ0n) is 16.4. The van der Waals surface area contributed by atoms with Gasteiger partial charge in [-0.1, -0.05) is 0 Å². The molecule has 4 rings (SSSR count). The fourth-order valence-corrected chi connectivity index (χ4v) is 5.88. The normalized spacial score (nSPS) is 16.5. The highest BCUT2D eigenvalue weighted by atomic mass is 32.1. The van der Waals surface area contributed by atoms with Crippen molar-refractivity contribution in [1.82, 2.24) is 14.8 Å². The molecule has 29 heavy (non-hydrogen) atoms. The summed E-state index contributed by atoms with van der Waals surface area (Å²) < 4.78 is 0. The summed E-state index contributed by atoms with van der Waals surface area (Å²) in [6, 6.07) is 2.26. The first kappa shape index (κ1) is 20.0. The van der Waals surface area contributed by atoms with Crippen LogP contribution in [0, 0.1) is 18.3 Å². The minimum Gasteiger partial charge on any atom is -0.340 e. The fourth-order valence-electron chi connectivity index (χ4n) is 3.86. The van der Waals surface area contributed by atoms with Gasteiger partial charge in [-0.2, -0.15) is 5.26 Å². The molecule has 2 aliphatic rings. The molecule has 0 saturated carbocycles. The number of anilines is 1. The van der Waals surface area contributed by atoms with Crippen LogP contribution in [0.3, 0.4) is 0 Å². The van der Waals surface area contributed by atoms with Gasteiger partial charge in [0.25, 0.3) is 0 Å². The third-order valence-electron chi connectivity index (χ3n) is 5.35. The Hall–Kier alpha value is -2.28. The van der Waals surface area contributed by atoms with E-state index in [1.807, 2.05) is 17.2 Å². The molecule has 1 saturated heterocycles. The lowest BCUT2D eigenvalue weighted by Crippen LogP contribution is -2.50. The number of piperazine rings is 1. The third kappa shape index (κ3) is 4.50. The maximum absolute atomic E-state index is 12.5. The first-order valence-electron chi connectivity index (χ1n) is 9.79. The molecular weight excluding hydrogens is 406 g/mol. The van der Waals surface area contributed by atoms with Crippen LogP contribution in [0.4, 0.5) is 5.00 Å². The number of aromatic nitrogens is 1. The molecule has 0 atom stereocenters. The number of carbonyl (C=O) groups excluding carboxylic acids is 2. The van der Waals surface area contributed by atoms with Crippen molar-refractivity contribution < 1.29 is 9.59 Å². The zero-order chi connectivity index (χ0) is 20.4. The molecule has 2 aromatic heterocycles. The Morgan fingerprint density at radius 1 is 1.28 bits per heavy atom. The lowest BCUT2D eigenvalue weighted by Gasteiger charge is -2.34. The second-order valence-corrected chi connectivity index (χ2v) is 9.49. The first-order valence-corrected chi connectivity index (χ1v) is 11.5. The van der Waals surface area contributed by atoms with Crippen molar-refractivity contribution in [2.75, 3.05) is 38.0 Å². The standard InChI is InChI=1S/C20H23N5O2S2/c1-13-12-28-18(22-13)9-19(27)25-7-5-24(6-8-25)11-17(26)23-20-15(10-21)14-3-2-4-16(14)29-20/h12H,2-9,11H2,1H3,(H,23,26). The van der Waals surface area contributed by atoms with Gasteiger partial charge < -0.3 is 10.2 Å². The van der Waals surface area contributed by atoms with E-state index in [4.69, 9.17) is 0 Å². The minimum absolute atomic E-state index is 0.0928. The van der Waals surface area contributed by atoms with Gasteiger partial charge >= 0.3 is 0 Å². The molecule has 7 nitrogen and oxygen atoms in total. The lowest BCUT2D eigenvalue weighted by atomic mass is 10.1. The number of hydrogen-bond donors (Lipinski definition) is 1. The highest BCUT2D eigenvalue weighted by Crippen LogP contribution is 2.38. The summed E-state index contributed by atoms with van der Waals surface area (Å²) in [6.45, 7) is 4.78. The van der Waals surface area contributed by atoms with Crippen LogP contribution in [0.2, 0.25) is 0 Å². The molecule has 9 heteroatoms. The summed E-state index contributed by atoms with van der Waals surface area (Å²) >= 11 is 3.06. The number of thiophene rings is 1. The van der Waals surface area contributed by atoms with Gasteiger partial charge in [0.1, 0.15) is 16.1 Å². The number of hydrogen-bond acceptors (Lipinski definition) is 7. The molecular formula is C20H23N5O2S2. The molecule has 3 heterocycles. The van der Waals surface area contributed by atoms with E-state index in [1.54, 1.807) is 0 Å². The predicted octanol–water partition coefficient (Wildman–Crippen LogP) is 2.20. The highest BCUT2D eigenvalue weighted by Gasteiger charge is 2.25. The largest absolute Gasteiger partial charge is 0.340 e. The van der Waals surface area contributed by atoms with Gasteiger partial charge in [0, 0.05) is 42.1 Å². The van der Waals surface area contributed by atoms with E-state index in [-0.39, 0.29) is 18.4 Å². The van der Waals surface area contributed by atoms with Crippen molar-refractivity contribution >= 4 is 39.5 Å². The van der Waals surface area contributed by atoms with Gasteiger partial charge in [0.2, 0.25) is 11.8 Å². The van der Waals surface area contributed by atoms with Crippen molar-refractivity contribution in [2.45, 2.75) is 32.6 Å². The van der Waals surface area contributed by atoms with Gasteiger partial charge in [0.05, 0.1) is 18.5 Å². The van der Waals surface area contributed by atoms with E-state index in [9.17, 15) is 14.9 Å². The van der Waals surface area contributed by atoms with Crippen molar-refractivity contribution in [3.63, 3.8) is 0 Å². The lowest BCUT2D eigenvalue weighted by molar-refractivity contribution is -0.132. The van der Waals surface area contributed by atoms with Crippen LogP contribution in [0.25, 0.3) is 0 Å². The second kappa shape index (κ2) is 8.61. The van der Waals surface area contributed by atoms with Gasteiger partial charge in [-0.15, -0.1) is 22.7 Å². The number of nitrogens with one attached hydrogen (secondary N) is 1. The Morgan fingerprint density at radius 3 is 2.76 bits per heavy atom. The minimum atomic E-state index is -0.0977. The summed E-state index contributed by atoms with van der Waals surface area (Å²) in [5.41, 5.74) is 2.71. The van der Waals surface area contributed by atoms with Crippen LogP contribution in [-0.2, 0) is 28.9 Å². The quantitative estimate of drug-likeness (QED) is 0.787. The molecule has 0 radical (unpaired) electrons. The summed E-state index contributed by atoms with van der Waals surface area (Å²) in [5, 5.41) is 15.9. The third-order valence-corrected chi connectivity index (χ3v) is 7.52. The van der Waals surface area contributed by atoms with Crippen LogP contribution < -0.4 is 5.32 Å². The number of carbonyl (C=O) groups is 2. The zero-order valence-corrected chi connectivity index (χ0v) is 18.0. The van der Waals surface area contributed by atoms with Gasteiger partial charge in [-0.25, -0.2) is 4.98 Å². The average Bonchev–Trinajstić information content (AvgIpc) is 3.38. The van der Waals surface area contributed by atoms with Gasteiger partial charge in [0.15, 0.2) is 0 Å². The SMILES string of the molecule is Cc1csc(CC(=O)N2CCN(CC(=O)Nc3sc4c(c3C#N)CCC4)CC2)n1. The second-order valence-electron chi connectivity index (χ2n) is 7.44. The molecule has 0 spiro atoms. The van der Waals surface area contributed by atoms with E-state index in [2.05, 4.69) is 21.3 Å². The molecule has 0 bridgehead atoms. The van der Waals surface area contributed by atoms with Crippen molar-refractivity contribution in [1.29, 1.82) is 5.26 Å². The van der Waals surface area contributed by atoms with Crippen molar-refractivity contribution in [2.24, 2.45) is 0 Å². The number of nitriles is 1. The highest BCUT2D eigenvalue weighted by molar-refractivity contribution is 7.16. The number of thiazole rings is 1. The monoisotopic (exact) mass is 429 g/mol. The van der Waals surface area contributed by atoms with Crippen LogP contribution in [0.5, 0.6) is 0 Å². The molecule has 1 aliphatic heterocycles. The van der Waals surface area contributed by atoms with Crippen molar-refractivity contribution in [3.05, 3.63) is 32.1 Å². The average molecular weight is 430 g/mol. The number of rotatable bonds is 5. The smallest absolute Gasteiger partial charge is 0.239 e. The van der Waals surface area contributed by atoms with E-state index >= 15 is 0 Å². The van der Waals surface area contributed by atoms with Crippen LogP contribution in [0.15, 0.2) is 5.38 Å². The first-order chi connectivity index (χ1) is 14.0. The summed E-state index contributed by atoms with van der Waals surface area (Å²) in [4.78, 5) is 34.4. The number of aryl methyl sites for hydroxylation is 2. The Bertz CT molecular complexity index is 966. The predicted molar refractivity (Wildman–Crippen MR) is 113 cm³/mol. The maximum Gasteiger partial charge on any atom is 0.239 e. The van der Waals surface area contributed by atoms with E-state index < -0.39 is 0 Å². The summed E-state index contributed by atoms with van der Waals surface area (Å²) in [7, 11) is 0. The Labute approximate surface area is 178 Å². The van der Waals surface area contributed by atoms with Crippen molar-refractivity contribution in [3.8, 4) is 6.07 Å². The number of fused-ring (bicyclic) bond motifs is 1. The Kier molecular flexibility index (Phi) is 5.94. The van der Waals surface area contributed by atoms with E-state index in [0.29, 0.717) is 43.2 Å². The van der Waals surface area contributed by atoms with E-state index in [0.717, 1.165) is 35.5 Å². The molecule has 152 valence electrons. The van der Waals surface area contributed by atoms with E-state index in [1.165, 1.54) is 27.6 Å². The van der Waals surface area contributed by atoms with Gasteiger partial charge in [-0.05, 0) is 31.7 Å². The molecule has 2 amide bonds. The fraction of sp³-hybridized carbons (Fsp3) is 0.500. The summed E-state index contributed by atoms with van der Waals surface area (Å²) in [5.74, 6) is -0.00493. The topological polar surface area (TPSA) is 89.3 Å². The molecule has 1 N–H and O–H groups in total. The number of nitrogens with zero attached hydrogens (tertiary/aromatic N) is 4. The Balaban J connectivity index is 1.26. The van der Waals surface area contributed by atoms with Crippen LogP contribution in [0.1, 0.15) is 33.1 Å². The van der Waals surface area contributed by atoms with Crippen LogP contribution in [-0.4, -0.2) is 59.3 Å². The molecule has 1 fully saturated rings. The molecule has 2 aromatic rings. The molecule has 0 unspecified atom stereocenters. The maximum atomic E-state index is 12.5. The van der Waals surface area contributed by atoms with Gasteiger partial charge in [-0.3, -0.25) is 14.5 Å². The molecule has 1 aliphatic carbocycles. The molecule has 0 aromatic carbocycles. The summed E-state index contributed by atoms with van der Waals surface area (Å²) in [6.07, 6.45) is 3.37. The van der Waals surface area contributed by atoms with Crippen LogP contribution >= 0.6 is 22.7 Å².